The molecule has 1 aliphatic heterocycles. The van der Waals surface area contributed by atoms with Gasteiger partial charge in [-0.15, -0.1) is 0 Å². The lowest BCUT2D eigenvalue weighted by Gasteiger charge is -2.44. The van der Waals surface area contributed by atoms with Gasteiger partial charge in [-0.25, -0.2) is 4.79 Å². The fourth-order valence-electron chi connectivity index (χ4n) is 2.14. The number of carboxylic acids is 1. The third kappa shape index (κ3) is 3.87. The molecular weight excluding hydrogens is 290 g/mol. The minimum absolute atomic E-state index is 0.598. The quantitative estimate of drug-likeness (QED) is 0.268. The average molecular weight is 309 g/mol. The normalized spacial score (nSPS) is 35.8. The first-order chi connectivity index (χ1) is 9.62. The number of carboxylic acid groups (broad SMARTS) is 1. The van der Waals surface area contributed by atoms with Crippen LogP contribution in [0.1, 0.15) is 13.3 Å². The fourth-order valence-corrected chi connectivity index (χ4v) is 2.14. The molecule has 0 aromatic heterocycles. The van der Waals surface area contributed by atoms with E-state index in [4.69, 9.17) is 14.9 Å². The van der Waals surface area contributed by atoms with Gasteiger partial charge < -0.3 is 40.7 Å². The van der Waals surface area contributed by atoms with Crippen LogP contribution in [-0.4, -0.2) is 85.4 Å². The maximum atomic E-state index is 11.1. The largest absolute Gasteiger partial charge is 0.477 e. The van der Waals surface area contributed by atoms with Crippen molar-refractivity contribution in [3.63, 3.8) is 0 Å². The Labute approximate surface area is 119 Å². The second kappa shape index (κ2) is 6.64. The van der Waals surface area contributed by atoms with Gasteiger partial charge >= 0.3 is 5.97 Å². The van der Waals surface area contributed by atoms with Gasteiger partial charge in [0, 0.05) is 13.3 Å². The number of ether oxygens (including phenoxy) is 1. The molecule has 0 spiro atoms. The van der Waals surface area contributed by atoms with Crippen molar-refractivity contribution < 1.29 is 45.0 Å². The van der Waals surface area contributed by atoms with Gasteiger partial charge in [-0.1, -0.05) is 0 Å². The zero-order valence-corrected chi connectivity index (χ0v) is 11.2. The topological polar surface area (TPSA) is 177 Å². The molecule has 10 heteroatoms. The van der Waals surface area contributed by atoms with Gasteiger partial charge in [0.1, 0.15) is 18.3 Å². The lowest BCUT2D eigenvalue weighted by molar-refractivity contribution is -0.295. The molecule has 1 aliphatic rings. The Morgan fingerprint density at radius 2 is 2.00 bits per heavy atom. The SMILES string of the molecule is CC(=O)NC1C([C@H](O)[C@H](O)CO)OC(O)(C(=O)O)C[C@H]1O. The second-order valence-electron chi connectivity index (χ2n) is 4.91. The molecule has 21 heavy (non-hydrogen) atoms. The number of aliphatic hydroxyl groups is 5. The van der Waals surface area contributed by atoms with Crippen molar-refractivity contribution in [2.45, 2.75) is 49.6 Å². The van der Waals surface area contributed by atoms with E-state index in [0.717, 1.165) is 6.92 Å². The van der Waals surface area contributed by atoms with Crippen LogP contribution in [0.3, 0.4) is 0 Å². The van der Waals surface area contributed by atoms with Crippen molar-refractivity contribution >= 4 is 11.9 Å². The van der Waals surface area contributed by atoms with Crippen molar-refractivity contribution in [2.75, 3.05) is 6.61 Å². The molecule has 0 aromatic carbocycles. The first-order valence-electron chi connectivity index (χ1n) is 6.18. The maximum absolute atomic E-state index is 11.1. The highest BCUT2D eigenvalue weighted by molar-refractivity contribution is 5.76. The molecule has 0 bridgehead atoms. The summed E-state index contributed by atoms with van der Waals surface area (Å²) in [5, 5.41) is 59.0. The number of nitrogens with one attached hydrogen (secondary N) is 1. The van der Waals surface area contributed by atoms with Crippen LogP contribution >= 0.6 is 0 Å². The van der Waals surface area contributed by atoms with E-state index in [1.165, 1.54) is 0 Å². The third-order valence-electron chi connectivity index (χ3n) is 3.21. The van der Waals surface area contributed by atoms with Gasteiger partial charge in [-0.3, -0.25) is 4.79 Å². The molecular formula is C11H19NO9. The molecule has 0 radical (unpaired) electrons. The maximum Gasteiger partial charge on any atom is 0.364 e. The van der Waals surface area contributed by atoms with Crippen LogP contribution in [0, 0.1) is 0 Å². The predicted octanol–water partition coefficient (Wildman–Crippen LogP) is -3.87. The Morgan fingerprint density at radius 3 is 2.43 bits per heavy atom. The third-order valence-corrected chi connectivity index (χ3v) is 3.21. The van der Waals surface area contributed by atoms with Crippen LogP contribution in [0.25, 0.3) is 0 Å². The number of rotatable bonds is 5. The molecule has 6 atom stereocenters. The molecule has 10 nitrogen and oxygen atoms in total. The smallest absolute Gasteiger partial charge is 0.364 e. The minimum atomic E-state index is -2.78. The highest BCUT2D eigenvalue weighted by Gasteiger charge is 2.53. The molecule has 7 N–H and O–H groups in total. The summed E-state index contributed by atoms with van der Waals surface area (Å²) in [6, 6.07) is -1.27. The Balaban J connectivity index is 3.07. The number of hydrogen-bond donors (Lipinski definition) is 7. The summed E-state index contributed by atoms with van der Waals surface area (Å²) in [7, 11) is 0. The van der Waals surface area contributed by atoms with Gasteiger partial charge in [0.25, 0.3) is 5.79 Å². The molecule has 0 aromatic rings. The van der Waals surface area contributed by atoms with Crippen molar-refractivity contribution in [2.24, 2.45) is 0 Å². The summed E-state index contributed by atoms with van der Waals surface area (Å²) in [5.41, 5.74) is 0. The lowest BCUT2D eigenvalue weighted by atomic mass is 9.88. The molecule has 3 unspecified atom stereocenters. The van der Waals surface area contributed by atoms with Crippen molar-refractivity contribution in [3.8, 4) is 0 Å². The summed E-state index contributed by atoms with van der Waals surface area (Å²) >= 11 is 0. The number of aliphatic carboxylic acids is 1. The standard InChI is InChI=1S/C11H19NO9/c1-4(14)12-7-5(15)2-11(20,10(18)19)21-9(7)8(17)6(16)3-13/h5-9,13,15-17,20H,2-3H2,1H3,(H,12,14)(H,18,19)/t5-,6-,7?,8-,9?,11?/m1/s1. The van der Waals surface area contributed by atoms with E-state index in [2.05, 4.69) is 5.32 Å². The number of aliphatic hydroxyl groups excluding tert-OH is 4. The Bertz CT molecular complexity index is 403. The molecule has 1 heterocycles. The van der Waals surface area contributed by atoms with E-state index >= 15 is 0 Å². The van der Waals surface area contributed by atoms with E-state index in [-0.39, 0.29) is 0 Å². The number of carbonyl (C=O) groups excluding carboxylic acids is 1. The number of amides is 1. The monoisotopic (exact) mass is 309 g/mol. The van der Waals surface area contributed by atoms with Crippen LogP contribution in [0.15, 0.2) is 0 Å². The summed E-state index contributed by atoms with van der Waals surface area (Å²) in [6.07, 6.45) is -7.48. The van der Waals surface area contributed by atoms with Gasteiger partial charge in [0.15, 0.2) is 0 Å². The first-order valence-corrected chi connectivity index (χ1v) is 6.18. The zero-order valence-electron chi connectivity index (χ0n) is 11.2. The molecule has 0 aliphatic carbocycles. The Morgan fingerprint density at radius 1 is 1.43 bits per heavy atom. The van der Waals surface area contributed by atoms with Crippen molar-refractivity contribution in [1.29, 1.82) is 0 Å². The van der Waals surface area contributed by atoms with Gasteiger partial charge in [0.2, 0.25) is 5.91 Å². The van der Waals surface area contributed by atoms with Crippen LogP contribution in [0.4, 0.5) is 0 Å². The van der Waals surface area contributed by atoms with Crippen molar-refractivity contribution in [3.05, 3.63) is 0 Å². The van der Waals surface area contributed by atoms with Gasteiger partial charge in [-0.2, -0.15) is 0 Å². The summed E-state index contributed by atoms with van der Waals surface area (Å²) in [6.45, 7) is 0.256. The summed E-state index contributed by atoms with van der Waals surface area (Å²) < 4.78 is 4.86. The summed E-state index contributed by atoms with van der Waals surface area (Å²) in [5.74, 6) is -5.17. The summed E-state index contributed by atoms with van der Waals surface area (Å²) in [4.78, 5) is 22.1. The number of hydrogen-bond acceptors (Lipinski definition) is 8. The van der Waals surface area contributed by atoms with Crippen LogP contribution in [0.2, 0.25) is 0 Å². The predicted molar refractivity (Wildman–Crippen MR) is 64.8 cm³/mol. The van der Waals surface area contributed by atoms with E-state index < -0.39 is 61.1 Å². The molecule has 0 saturated carbocycles. The second-order valence-corrected chi connectivity index (χ2v) is 4.91. The average Bonchev–Trinajstić information content (AvgIpc) is 2.39. The van der Waals surface area contributed by atoms with E-state index in [0.29, 0.717) is 0 Å². The molecule has 1 rings (SSSR count). The highest BCUT2D eigenvalue weighted by Crippen LogP contribution is 2.30. The number of carbonyl (C=O) groups is 2. The molecule has 122 valence electrons. The van der Waals surface area contributed by atoms with Crippen molar-refractivity contribution in [1.82, 2.24) is 5.32 Å². The van der Waals surface area contributed by atoms with Gasteiger partial charge in [0.05, 0.1) is 18.8 Å². The zero-order chi connectivity index (χ0) is 16.4. The van der Waals surface area contributed by atoms with Gasteiger partial charge in [-0.05, 0) is 0 Å². The van der Waals surface area contributed by atoms with Crippen LogP contribution < -0.4 is 5.32 Å². The minimum Gasteiger partial charge on any atom is -0.477 e. The first kappa shape index (κ1) is 17.8. The lowest BCUT2D eigenvalue weighted by Crippen LogP contribution is -2.67. The fraction of sp³-hybridized carbons (Fsp3) is 0.818. The van der Waals surface area contributed by atoms with E-state index in [1.54, 1.807) is 0 Å². The molecule has 1 amide bonds. The molecule has 1 fully saturated rings. The highest BCUT2D eigenvalue weighted by atomic mass is 16.7. The Kier molecular flexibility index (Phi) is 5.61. The van der Waals surface area contributed by atoms with E-state index in [9.17, 15) is 30.0 Å². The van der Waals surface area contributed by atoms with E-state index in [1.807, 2.05) is 0 Å². The Hall–Kier alpha value is -1.30. The molecule has 1 saturated heterocycles. The van der Waals surface area contributed by atoms with Crippen LogP contribution in [0.5, 0.6) is 0 Å². The van der Waals surface area contributed by atoms with Crippen LogP contribution in [-0.2, 0) is 14.3 Å².